The lowest BCUT2D eigenvalue weighted by atomic mass is 10.0. The first kappa shape index (κ1) is 18.5. The van der Waals surface area contributed by atoms with Crippen LogP contribution in [0.2, 0.25) is 0 Å². The molecule has 0 radical (unpaired) electrons. The van der Waals surface area contributed by atoms with Gasteiger partial charge < -0.3 is 19.9 Å². The fourth-order valence-corrected chi connectivity index (χ4v) is 1.92. The number of para-hydroxylation sites is 1. The van der Waals surface area contributed by atoms with E-state index >= 15 is 0 Å². The second kappa shape index (κ2) is 8.77. The summed E-state index contributed by atoms with van der Waals surface area (Å²) < 4.78 is 9.46. The van der Waals surface area contributed by atoms with E-state index in [0.717, 1.165) is 0 Å². The van der Waals surface area contributed by atoms with Crippen LogP contribution in [0.5, 0.6) is 5.75 Å². The van der Waals surface area contributed by atoms with Crippen LogP contribution < -0.4 is 5.32 Å². The zero-order valence-corrected chi connectivity index (χ0v) is 13.4. The van der Waals surface area contributed by atoms with Gasteiger partial charge in [-0.2, -0.15) is 0 Å². The molecule has 0 aliphatic rings. The van der Waals surface area contributed by atoms with Crippen molar-refractivity contribution in [2.75, 3.05) is 13.7 Å². The maximum Gasteiger partial charge on any atom is 0.342 e. The van der Waals surface area contributed by atoms with Gasteiger partial charge >= 0.3 is 11.9 Å². The number of methoxy groups -OCH3 is 1. The molecule has 23 heavy (non-hydrogen) atoms. The van der Waals surface area contributed by atoms with E-state index in [-0.39, 0.29) is 17.2 Å². The van der Waals surface area contributed by atoms with Crippen LogP contribution in [0.1, 0.15) is 30.6 Å². The third-order valence-electron chi connectivity index (χ3n) is 2.99. The number of amides is 1. The molecule has 0 fully saturated rings. The number of rotatable bonds is 7. The Kier molecular flexibility index (Phi) is 7.05. The molecule has 7 heteroatoms. The third kappa shape index (κ3) is 5.98. The third-order valence-corrected chi connectivity index (χ3v) is 2.99. The molecule has 1 amide bonds. The number of benzene rings is 1. The van der Waals surface area contributed by atoms with Crippen LogP contribution in [0.4, 0.5) is 0 Å². The zero-order chi connectivity index (χ0) is 17.4. The van der Waals surface area contributed by atoms with Gasteiger partial charge in [0.2, 0.25) is 0 Å². The predicted molar refractivity (Wildman–Crippen MR) is 81.8 cm³/mol. The molecule has 0 aromatic heterocycles. The van der Waals surface area contributed by atoms with Gasteiger partial charge in [-0.15, -0.1) is 0 Å². The normalized spacial score (nSPS) is 11.7. The van der Waals surface area contributed by atoms with Crippen molar-refractivity contribution >= 4 is 17.8 Å². The Balaban J connectivity index is 2.56. The summed E-state index contributed by atoms with van der Waals surface area (Å²) in [5, 5.41) is 12.0. The lowest BCUT2D eigenvalue weighted by Gasteiger charge is -2.18. The van der Waals surface area contributed by atoms with E-state index in [4.69, 9.17) is 4.74 Å². The Morgan fingerprint density at radius 3 is 2.43 bits per heavy atom. The number of phenols is 1. The lowest BCUT2D eigenvalue weighted by Crippen LogP contribution is -2.44. The second-order valence-electron chi connectivity index (χ2n) is 5.37. The van der Waals surface area contributed by atoms with Crippen molar-refractivity contribution in [2.45, 2.75) is 26.3 Å². The molecule has 7 nitrogen and oxygen atoms in total. The highest BCUT2D eigenvalue weighted by Gasteiger charge is 2.23. The minimum atomic E-state index is -0.822. The van der Waals surface area contributed by atoms with Crippen molar-refractivity contribution in [3.63, 3.8) is 0 Å². The van der Waals surface area contributed by atoms with Crippen molar-refractivity contribution in [2.24, 2.45) is 5.92 Å². The summed E-state index contributed by atoms with van der Waals surface area (Å²) in [7, 11) is 1.24. The van der Waals surface area contributed by atoms with Crippen LogP contribution in [0.3, 0.4) is 0 Å². The number of carbonyl (C=O) groups excluding carboxylic acids is 3. The average molecular weight is 323 g/mol. The van der Waals surface area contributed by atoms with Gasteiger partial charge in [0.1, 0.15) is 17.4 Å². The number of hydrogen-bond acceptors (Lipinski definition) is 6. The Bertz CT molecular complexity index is 569. The SMILES string of the molecule is COC(=O)[C@@H](CC(C)C)NC(=O)COC(=O)c1ccccc1O. The Morgan fingerprint density at radius 2 is 1.87 bits per heavy atom. The molecule has 0 saturated heterocycles. The van der Waals surface area contributed by atoms with E-state index < -0.39 is 30.5 Å². The molecule has 1 atom stereocenters. The Morgan fingerprint density at radius 1 is 1.22 bits per heavy atom. The van der Waals surface area contributed by atoms with Crippen LogP contribution in [0, 0.1) is 5.92 Å². The number of hydrogen-bond donors (Lipinski definition) is 2. The summed E-state index contributed by atoms with van der Waals surface area (Å²) in [5.74, 6) is -2.06. The van der Waals surface area contributed by atoms with Gasteiger partial charge in [-0.25, -0.2) is 9.59 Å². The van der Waals surface area contributed by atoms with E-state index in [9.17, 15) is 19.5 Å². The number of esters is 2. The van der Waals surface area contributed by atoms with Crippen molar-refractivity contribution in [3.8, 4) is 5.75 Å². The highest BCUT2D eigenvalue weighted by atomic mass is 16.5. The molecular formula is C16H21NO6. The van der Waals surface area contributed by atoms with Crippen molar-refractivity contribution in [3.05, 3.63) is 29.8 Å². The summed E-state index contributed by atoms with van der Waals surface area (Å²) in [6.45, 7) is 3.25. The maximum atomic E-state index is 11.8. The van der Waals surface area contributed by atoms with Gasteiger partial charge in [-0.3, -0.25) is 4.79 Å². The van der Waals surface area contributed by atoms with Gasteiger partial charge in [-0.05, 0) is 24.5 Å². The van der Waals surface area contributed by atoms with Crippen LogP contribution >= 0.6 is 0 Å². The number of carbonyl (C=O) groups is 3. The smallest absolute Gasteiger partial charge is 0.342 e. The number of phenolic OH excluding ortho intramolecular Hbond substituents is 1. The van der Waals surface area contributed by atoms with Crippen LogP contribution in [-0.2, 0) is 19.1 Å². The highest BCUT2D eigenvalue weighted by Crippen LogP contribution is 2.16. The summed E-state index contributed by atoms with van der Waals surface area (Å²) in [4.78, 5) is 35.2. The van der Waals surface area contributed by atoms with Crippen molar-refractivity contribution in [1.29, 1.82) is 0 Å². The number of nitrogens with one attached hydrogen (secondary N) is 1. The monoisotopic (exact) mass is 323 g/mol. The molecule has 126 valence electrons. The molecule has 0 saturated carbocycles. The molecule has 0 unspecified atom stereocenters. The molecule has 0 heterocycles. The van der Waals surface area contributed by atoms with Crippen molar-refractivity contribution < 1.29 is 29.0 Å². The largest absolute Gasteiger partial charge is 0.507 e. The molecule has 2 N–H and O–H groups in total. The fourth-order valence-electron chi connectivity index (χ4n) is 1.92. The Labute approximate surface area is 134 Å². The van der Waals surface area contributed by atoms with Crippen LogP contribution in [0.25, 0.3) is 0 Å². The maximum absolute atomic E-state index is 11.8. The summed E-state index contributed by atoms with van der Waals surface area (Å²) in [5.41, 5.74) is -0.0352. The molecular weight excluding hydrogens is 302 g/mol. The van der Waals surface area contributed by atoms with E-state index in [2.05, 4.69) is 10.1 Å². The van der Waals surface area contributed by atoms with Crippen molar-refractivity contribution in [1.82, 2.24) is 5.32 Å². The molecule has 0 bridgehead atoms. The topological polar surface area (TPSA) is 102 Å². The van der Waals surface area contributed by atoms with E-state index in [1.165, 1.54) is 19.2 Å². The van der Waals surface area contributed by atoms with Gasteiger partial charge in [0.05, 0.1) is 7.11 Å². The first-order valence-electron chi connectivity index (χ1n) is 7.17. The molecule has 1 rings (SSSR count). The quantitative estimate of drug-likeness (QED) is 0.732. The molecule has 0 aliphatic heterocycles. The fraction of sp³-hybridized carbons (Fsp3) is 0.438. The zero-order valence-electron chi connectivity index (χ0n) is 13.4. The van der Waals surface area contributed by atoms with E-state index in [0.29, 0.717) is 6.42 Å². The number of aromatic hydroxyl groups is 1. The summed E-state index contributed by atoms with van der Waals surface area (Å²) in [6.07, 6.45) is 0.409. The van der Waals surface area contributed by atoms with Gasteiger partial charge in [0.25, 0.3) is 5.91 Å². The Hall–Kier alpha value is -2.57. The van der Waals surface area contributed by atoms with Gasteiger partial charge in [0.15, 0.2) is 6.61 Å². The van der Waals surface area contributed by atoms with Crippen LogP contribution in [-0.4, -0.2) is 42.7 Å². The van der Waals surface area contributed by atoms with E-state index in [1.54, 1.807) is 12.1 Å². The first-order chi connectivity index (χ1) is 10.8. The lowest BCUT2D eigenvalue weighted by molar-refractivity contribution is -0.145. The second-order valence-corrected chi connectivity index (χ2v) is 5.37. The highest BCUT2D eigenvalue weighted by molar-refractivity contribution is 5.94. The minimum Gasteiger partial charge on any atom is -0.507 e. The predicted octanol–water partition coefficient (Wildman–Crippen LogP) is 1.25. The molecule has 0 aliphatic carbocycles. The molecule has 0 spiro atoms. The summed E-state index contributed by atoms with van der Waals surface area (Å²) >= 11 is 0. The average Bonchev–Trinajstić information content (AvgIpc) is 2.51. The van der Waals surface area contributed by atoms with Gasteiger partial charge in [-0.1, -0.05) is 26.0 Å². The summed E-state index contributed by atoms with van der Waals surface area (Å²) in [6, 6.07) is 5.05. The van der Waals surface area contributed by atoms with E-state index in [1.807, 2.05) is 13.8 Å². The number of ether oxygens (including phenoxy) is 2. The van der Waals surface area contributed by atoms with Gasteiger partial charge in [0, 0.05) is 0 Å². The first-order valence-corrected chi connectivity index (χ1v) is 7.17. The molecule has 1 aromatic carbocycles. The molecule has 1 aromatic rings. The van der Waals surface area contributed by atoms with Crippen LogP contribution in [0.15, 0.2) is 24.3 Å². The standard InChI is InChI=1S/C16H21NO6/c1-10(2)8-12(16(21)22-3)17-14(19)9-23-15(20)11-6-4-5-7-13(11)18/h4-7,10,12,18H,8-9H2,1-3H3,(H,17,19)/t12-/m1/s1. The minimum absolute atomic E-state index is 0.0352.